The SMILES string of the molecule is CC(C)=CCCC1=COC2=C(C)C(=O)C(=O)c3c(CCc4ccc5c6c4C(=O)C(=O)C(C)=C6OC=C5CCC=C(C)C)ccc1c32. The van der Waals surface area contributed by atoms with Crippen LogP contribution in [0.1, 0.15) is 121 Å². The average molecular weight is 615 g/mol. The van der Waals surface area contributed by atoms with Crippen LogP contribution in [0.25, 0.3) is 22.7 Å². The maximum Gasteiger partial charge on any atom is 0.234 e. The molecule has 6 heteroatoms. The number of allylic oxidation sites excluding steroid dienone is 8. The van der Waals surface area contributed by atoms with Gasteiger partial charge in [0.25, 0.3) is 0 Å². The second-order valence-corrected chi connectivity index (χ2v) is 12.9. The van der Waals surface area contributed by atoms with Gasteiger partial charge in [-0.25, -0.2) is 0 Å². The first-order valence-electron chi connectivity index (χ1n) is 15.9. The maximum atomic E-state index is 13.6. The van der Waals surface area contributed by atoms with Crippen molar-refractivity contribution >= 4 is 45.8 Å². The van der Waals surface area contributed by atoms with Crippen LogP contribution >= 0.6 is 0 Å². The Morgan fingerprint density at radius 1 is 0.543 bits per heavy atom. The topological polar surface area (TPSA) is 86.7 Å². The third kappa shape index (κ3) is 5.26. The molecule has 0 aromatic heterocycles. The van der Waals surface area contributed by atoms with Crippen LogP contribution in [-0.4, -0.2) is 23.1 Å². The molecule has 0 spiro atoms. The van der Waals surface area contributed by atoms with Gasteiger partial charge in [-0.05, 0) is 113 Å². The Bertz CT molecular complexity index is 1800. The lowest BCUT2D eigenvalue weighted by molar-refractivity contribution is -0.112. The Labute approximate surface area is 269 Å². The Morgan fingerprint density at radius 3 is 1.30 bits per heavy atom. The number of rotatable bonds is 9. The van der Waals surface area contributed by atoms with Crippen LogP contribution in [0.15, 0.2) is 71.2 Å². The van der Waals surface area contributed by atoms with E-state index in [4.69, 9.17) is 9.47 Å². The molecule has 0 bridgehead atoms. The molecule has 0 saturated heterocycles. The average Bonchev–Trinajstić information content (AvgIpc) is 3.03. The van der Waals surface area contributed by atoms with Crippen molar-refractivity contribution in [3.8, 4) is 0 Å². The first-order valence-corrected chi connectivity index (χ1v) is 15.9. The zero-order valence-corrected chi connectivity index (χ0v) is 27.3. The summed E-state index contributed by atoms with van der Waals surface area (Å²) in [6.07, 6.45) is 11.6. The van der Waals surface area contributed by atoms with Crippen molar-refractivity contribution < 1.29 is 28.7 Å². The molecule has 2 aromatic carbocycles. The highest BCUT2D eigenvalue weighted by Crippen LogP contribution is 2.44. The lowest BCUT2D eigenvalue weighted by Crippen LogP contribution is -2.28. The number of aryl methyl sites for hydroxylation is 2. The van der Waals surface area contributed by atoms with Crippen LogP contribution in [0.2, 0.25) is 0 Å². The van der Waals surface area contributed by atoms with E-state index in [1.54, 1.807) is 26.4 Å². The summed E-state index contributed by atoms with van der Waals surface area (Å²) >= 11 is 0. The molecule has 0 amide bonds. The molecule has 2 aromatic rings. The fourth-order valence-electron chi connectivity index (χ4n) is 6.75. The molecule has 6 rings (SSSR count). The fraction of sp³-hybridized carbons (Fsp3) is 0.300. The molecule has 2 aliphatic carbocycles. The quantitative estimate of drug-likeness (QED) is 0.207. The molecular weight excluding hydrogens is 576 g/mol. The molecule has 0 atom stereocenters. The van der Waals surface area contributed by atoms with E-state index in [1.807, 2.05) is 24.3 Å². The van der Waals surface area contributed by atoms with E-state index in [-0.39, 0.29) is 0 Å². The highest BCUT2D eigenvalue weighted by atomic mass is 16.5. The second kappa shape index (κ2) is 12.2. The van der Waals surface area contributed by atoms with Gasteiger partial charge >= 0.3 is 0 Å². The Hall–Kier alpha value is -4.84. The molecule has 0 unspecified atom stereocenters. The van der Waals surface area contributed by atoms with Crippen molar-refractivity contribution in [2.24, 2.45) is 0 Å². The third-order valence-electron chi connectivity index (χ3n) is 9.19. The van der Waals surface area contributed by atoms with E-state index in [0.717, 1.165) is 48.0 Å². The van der Waals surface area contributed by atoms with Gasteiger partial charge in [0.15, 0.2) is 0 Å². The minimum Gasteiger partial charge on any atom is -0.464 e. The standard InChI is InChI=1S/C40H38O6/c1-21(2)9-7-11-27-19-45-39-23(5)35(41)37(43)31-25(15-17-29(27)33(31)39)13-14-26-16-18-30-28(12-8-10-22(3)4)20-46-40-24(6)36(42)38(44)32(26)34(30)40/h9-10,15-20H,7-8,11-14H2,1-6H3. The van der Waals surface area contributed by atoms with Gasteiger partial charge in [0, 0.05) is 33.4 Å². The van der Waals surface area contributed by atoms with Gasteiger partial charge < -0.3 is 9.47 Å². The van der Waals surface area contributed by atoms with Crippen LogP contribution in [0, 0.1) is 0 Å². The lowest BCUT2D eigenvalue weighted by Gasteiger charge is -2.29. The molecule has 6 nitrogen and oxygen atoms in total. The largest absolute Gasteiger partial charge is 0.464 e. The minimum absolute atomic E-state index is 0.307. The molecular formula is C40H38O6. The molecule has 234 valence electrons. The van der Waals surface area contributed by atoms with Crippen molar-refractivity contribution in [1.29, 1.82) is 0 Å². The van der Waals surface area contributed by atoms with Crippen molar-refractivity contribution in [3.05, 3.63) is 116 Å². The highest BCUT2D eigenvalue weighted by Gasteiger charge is 2.39. The summed E-state index contributed by atoms with van der Waals surface area (Å²) in [5, 5.41) is 0. The van der Waals surface area contributed by atoms with Gasteiger partial charge in [0.1, 0.15) is 11.5 Å². The molecule has 46 heavy (non-hydrogen) atoms. The molecule has 0 fully saturated rings. The van der Waals surface area contributed by atoms with Crippen LogP contribution < -0.4 is 0 Å². The molecule has 2 aliphatic heterocycles. The number of ether oxygens (including phenoxy) is 2. The molecule has 0 saturated carbocycles. The van der Waals surface area contributed by atoms with E-state index < -0.39 is 23.1 Å². The predicted octanol–water partition coefficient (Wildman–Crippen LogP) is 8.70. The summed E-state index contributed by atoms with van der Waals surface area (Å²) in [6.45, 7) is 11.5. The van der Waals surface area contributed by atoms with E-state index in [9.17, 15) is 19.2 Å². The smallest absolute Gasteiger partial charge is 0.234 e. The van der Waals surface area contributed by atoms with Gasteiger partial charge in [-0.3, -0.25) is 19.2 Å². The Morgan fingerprint density at radius 2 is 0.935 bits per heavy atom. The minimum atomic E-state index is -0.568. The van der Waals surface area contributed by atoms with Gasteiger partial charge in [0.05, 0.1) is 12.5 Å². The monoisotopic (exact) mass is 614 g/mol. The fourth-order valence-corrected chi connectivity index (χ4v) is 6.75. The normalized spacial score (nSPS) is 16.3. The van der Waals surface area contributed by atoms with Crippen molar-refractivity contribution in [3.63, 3.8) is 0 Å². The van der Waals surface area contributed by atoms with Crippen molar-refractivity contribution in [2.75, 3.05) is 0 Å². The number of carbonyl (C=O) groups is 4. The summed E-state index contributed by atoms with van der Waals surface area (Å²) in [6, 6.07) is 7.84. The van der Waals surface area contributed by atoms with Crippen molar-refractivity contribution in [2.45, 2.75) is 80.1 Å². The Kier molecular flexibility index (Phi) is 8.24. The summed E-state index contributed by atoms with van der Waals surface area (Å²) in [5.74, 6) is -1.35. The van der Waals surface area contributed by atoms with Crippen LogP contribution in [0.4, 0.5) is 0 Å². The number of hydrogen-bond donors (Lipinski definition) is 0. The summed E-state index contributed by atoms with van der Waals surface area (Å²) < 4.78 is 12.0. The van der Waals surface area contributed by atoms with E-state index >= 15 is 0 Å². The summed E-state index contributed by atoms with van der Waals surface area (Å²) in [5.41, 5.74) is 10.3. The van der Waals surface area contributed by atoms with E-state index in [2.05, 4.69) is 39.8 Å². The van der Waals surface area contributed by atoms with E-state index in [0.29, 0.717) is 68.9 Å². The van der Waals surface area contributed by atoms with Crippen LogP contribution in [0.3, 0.4) is 0 Å². The number of ketones is 4. The lowest BCUT2D eigenvalue weighted by atomic mass is 9.77. The predicted molar refractivity (Wildman–Crippen MR) is 180 cm³/mol. The molecule has 4 aliphatic rings. The van der Waals surface area contributed by atoms with Gasteiger partial charge in [-0.1, -0.05) is 47.6 Å². The number of carbonyl (C=O) groups excluding carboxylic acids is 4. The second-order valence-electron chi connectivity index (χ2n) is 12.9. The van der Waals surface area contributed by atoms with Crippen molar-refractivity contribution in [1.82, 2.24) is 0 Å². The van der Waals surface area contributed by atoms with Gasteiger partial charge in [-0.2, -0.15) is 0 Å². The molecule has 2 heterocycles. The molecule has 0 N–H and O–H groups in total. The molecule has 0 radical (unpaired) electrons. The van der Waals surface area contributed by atoms with Gasteiger partial charge in [0.2, 0.25) is 23.1 Å². The zero-order chi connectivity index (χ0) is 32.9. The van der Waals surface area contributed by atoms with Crippen LogP contribution in [0.5, 0.6) is 0 Å². The first kappa shape index (κ1) is 31.2. The number of benzene rings is 2. The summed E-state index contributed by atoms with van der Waals surface area (Å²) in [7, 11) is 0. The number of Topliss-reactive ketones (excluding diaryl/α,β-unsaturated/α-hetero) is 4. The highest BCUT2D eigenvalue weighted by molar-refractivity contribution is 6.53. The third-order valence-corrected chi connectivity index (χ3v) is 9.19. The first-order chi connectivity index (χ1) is 22.0. The van der Waals surface area contributed by atoms with Gasteiger partial charge in [-0.15, -0.1) is 0 Å². The maximum absolute atomic E-state index is 13.6. The van der Waals surface area contributed by atoms with Crippen LogP contribution in [-0.2, 0) is 31.9 Å². The summed E-state index contributed by atoms with van der Waals surface area (Å²) in [4.78, 5) is 53.3. The van der Waals surface area contributed by atoms with E-state index in [1.165, 1.54) is 11.1 Å². The number of hydrogen-bond acceptors (Lipinski definition) is 6. The Balaban J connectivity index is 1.39. The zero-order valence-electron chi connectivity index (χ0n) is 27.3.